The molecule has 26 heavy (non-hydrogen) atoms. The number of nitrogens with zero attached hydrogens (tertiary/aromatic N) is 2. The summed E-state index contributed by atoms with van der Waals surface area (Å²) >= 11 is 0. The van der Waals surface area contributed by atoms with Gasteiger partial charge in [0.05, 0.1) is 0 Å². The Kier molecular flexibility index (Phi) is 7.03. The minimum atomic E-state index is -1.34. The Morgan fingerprint density at radius 2 is 1.81 bits per heavy atom. The first-order valence-electron chi connectivity index (χ1n) is 7.48. The van der Waals surface area contributed by atoms with Crippen LogP contribution in [0.5, 0.6) is 0 Å². The lowest BCUT2D eigenvalue weighted by Gasteiger charge is -2.22. The molecule has 1 amide bonds. The summed E-state index contributed by atoms with van der Waals surface area (Å²) in [6, 6.07) is 3.40. The maximum Gasteiger partial charge on any atom is 0.408 e. The smallest absolute Gasteiger partial charge is 0.408 e. The molecule has 0 spiro atoms. The molecule has 1 aromatic rings. The van der Waals surface area contributed by atoms with Crippen molar-refractivity contribution in [3.63, 3.8) is 0 Å². The van der Waals surface area contributed by atoms with E-state index >= 15 is 0 Å². The van der Waals surface area contributed by atoms with Gasteiger partial charge in [0.1, 0.15) is 41.0 Å². The fourth-order valence-electron chi connectivity index (χ4n) is 1.93. The molecule has 9 heteroatoms. The SMILES string of the molecule is CC(C)(C)OC(=O)N[C@@H](Cc1cc(F)c(C#N)c(F)c1)C(=O)OCC#N. The van der Waals surface area contributed by atoms with Crippen LogP contribution in [0.4, 0.5) is 13.6 Å². The minimum Gasteiger partial charge on any atom is -0.449 e. The molecule has 1 aromatic carbocycles. The zero-order chi connectivity index (χ0) is 19.9. The van der Waals surface area contributed by atoms with Gasteiger partial charge in [-0.3, -0.25) is 0 Å². The molecule has 1 rings (SSSR count). The number of alkyl carbamates (subject to hydrolysis) is 1. The molecule has 0 aliphatic carbocycles. The van der Waals surface area contributed by atoms with Crippen molar-refractivity contribution in [3.05, 3.63) is 34.9 Å². The molecule has 0 bridgehead atoms. The number of amides is 1. The lowest BCUT2D eigenvalue weighted by atomic mass is 10.0. The number of hydrogen-bond donors (Lipinski definition) is 1. The Balaban J connectivity index is 3.02. The van der Waals surface area contributed by atoms with Gasteiger partial charge in [0, 0.05) is 6.42 Å². The molecular weight excluding hydrogens is 348 g/mol. The van der Waals surface area contributed by atoms with E-state index in [-0.39, 0.29) is 12.0 Å². The van der Waals surface area contributed by atoms with Crippen molar-refractivity contribution < 1.29 is 27.8 Å². The van der Waals surface area contributed by atoms with Gasteiger partial charge in [-0.25, -0.2) is 18.4 Å². The summed E-state index contributed by atoms with van der Waals surface area (Å²) in [6.07, 6.45) is -1.27. The second-order valence-corrected chi connectivity index (χ2v) is 6.22. The predicted octanol–water partition coefficient (Wildman–Crippen LogP) is 2.34. The van der Waals surface area contributed by atoms with Crippen LogP contribution in [0.2, 0.25) is 0 Å². The summed E-state index contributed by atoms with van der Waals surface area (Å²) in [7, 11) is 0. The highest BCUT2D eigenvalue weighted by Gasteiger charge is 2.26. The molecule has 0 unspecified atom stereocenters. The monoisotopic (exact) mass is 365 g/mol. The molecule has 0 aliphatic heterocycles. The maximum absolute atomic E-state index is 13.7. The van der Waals surface area contributed by atoms with E-state index < -0.39 is 47.5 Å². The first-order valence-corrected chi connectivity index (χ1v) is 7.48. The lowest BCUT2D eigenvalue weighted by molar-refractivity contribution is -0.144. The van der Waals surface area contributed by atoms with E-state index in [1.165, 1.54) is 6.07 Å². The van der Waals surface area contributed by atoms with Crippen molar-refractivity contribution in [3.8, 4) is 12.1 Å². The summed E-state index contributed by atoms with van der Waals surface area (Å²) in [6.45, 7) is 4.28. The van der Waals surface area contributed by atoms with E-state index in [4.69, 9.17) is 15.3 Å². The van der Waals surface area contributed by atoms with E-state index in [1.807, 2.05) is 0 Å². The molecule has 0 aromatic heterocycles. The third kappa shape index (κ3) is 6.36. The fourth-order valence-corrected chi connectivity index (χ4v) is 1.93. The van der Waals surface area contributed by atoms with Crippen LogP contribution in [0.25, 0.3) is 0 Å². The fraction of sp³-hybridized carbons (Fsp3) is 0.412. The highest BCUT2D eigenvalue weighted by molar-refractivity contribution is 5.81. The third-order valence-electron chi connectivity index (χ3n) is 2.91. The van der Waals surface area contributed by atoms with Gasteiger partial charge in [0.15, 0.2) is 6.61 Å². The van der Waals surface area contributed by atoms with Gasteiger partial charge in [-0.05, 0) is 38.5 Å². The normalized spacial score (nSPS) is 11.7. The molecule has 1 atom stereocenters. The zero-order valence-corrected chi connectivity index (χ0v) is 14.4. The average molecular weight is 365 g/mol. The minimum absolute atomic E-state index is 0.00830. The van der Waals surface area contributed by atoms with Gasteiger partial charge >= 0.3 is 12.1 Å². The largest absolute Gasteiger partial charge is 0.449 e. The van der Waals surface area contributed by atoms with E-state index in [0.717, 1.165) is 12.1 Å². The first kappa shape index (κ1) is 20.8. The number of hydrogen-bond acceptors (Lipinski definition) is 6. The Labute approximate surface area is 149 Å². The summed E-state index contributed by atoms with van der Waals surface area (Å²) in [5, 5.41) is 19.4. The Morgan fingerprint density at radius 3 is 2.27 bits per heavy atom. The van der Waals surface area contributed by atoms with Crippen LogP contribution >= 0.6 is 0 Å². The Hall–Kier alpha value is -3.20. The van der Waals surface area contributed by atoms with Gasteiger partial charge < -0.3 is 14.8 Å². The maximum atomic E-state index is 13.7. The van der Waals surface area contributed by atoms with Crippen LogP contribution in [0.1, 0.15) is 31.9 Å². The van der Waals surface area contributed by atoms with Crippen LogP contribution in [0, 0.1) is 34.3 Å². The highest BCUT2D eigenvalue weighted by Crippen LogP contribution is 2.16. The van der Waals surface area contributed by atoms with Crippen LogP contribution in [-0.2, 0) is 20.7 Å². The van der Waals surface area contributed by atoms with Crippen LogP contribution in [-0.4, -0.2) is 30.3 Å². The van der Waals surface area contributed by atoms with Crippen LogP contribution < -0.4 is 5.32 Å². The number of carbonyl (C=O) groups excluding carboxylic acids is 2. The van der Waals surface area contributed by atoms with Crippen molar-refractivity contribution in [2.75, 3.05) is 6.61 Å². The number of rotatable bonds is 5. The van der Waals surface area contributed by atoms with Crippen LogP contribution in [0.3, 0.4) is 0 Å². The van der Waals surface area contributed by atoms with Crippen molar-refractivity contribution in [1.29, 1.82) is 10.5 Å². The molecule has 0 aliphatic rings. The predicted molar refractivity (Wildman–Crippen MR) is 84.5 cm³/mol. The molecular formula is C17H17F2N3O4. The molecule has 0 heterocycles. The molecule has 1 N–H and O–H groups in total. The van der Waals surface area contributed by atoms with Gasteiger partial charge in [-0.15, -0.1) is 0 Å². The Bertz CT molecular complexity index is 753. The summed E-state index contributed by atoms with van der Waals surface area (Å²) in [4.78, 5) is 23.9. The molecule has 0 fully saturated rings. The topological polar surface area (TPSA) is 112 Å². The standard InChI is InChI=1S/C17H17F2N3O4/c1-17(2,3)26-16(24)22-14(15(23)25-5-4-20)8-10-6-12(18)11(9-21)13(19)7-10/h6-7,14H,5,8H2,1-3H3,(H,22,24)/t14-/m0/s1. The van der Waals surface area contributed by atoms with Gasteiger partial charge in [-0.1, -0.05) is 0 Å². The van der Waals surface area contributed by atoms with Gasteiger partial charge in [0.2, 0.25) is 0 Å². The second kappa shape index (κ2) is 8.77. The number of nitrogens with one attached hydrogen (secondary N) is 1. The quantitative estimate of drug-likeness (QED) is 0.802. The van der Waals surface area contributed by atoms with E-state index in [2.05, 4.69) is 10.1 Å². The lowest BCUT2D eigenvalue weighted by Crippen LogP contribution is -2.45. The molecule has 0 saturated carbocycles. The van der Waals surface area contributed by atoms with E-state index in [0.29, 0.717) is 0 Å². The first-order chi connectivity index (χ1) is 12.1. The number of esters is 1. The number of nitriles is 2. The highest BCUT2D eigenvalue weighted by atomic mass is 19.1. The average Bonchev–Trinajstić information content (AvgIpc) is 2.49. The molecule has 0 saturated heterocycles. The van der Waals surface area contributed by atoms with Crippen molar-refractivity contribution in [2.45, 2.75) is 38.8 Å². The molecule has 7 nitrogen and oxygen atoms in total. The summed E-state index contributed by atoms with van der Waals surface area (Å²) in [5.41, 5.74) is -1.58. The number of ether oxygens (including phenoxy) is 2. The van der Waals surface area contributed by atoms with Crippen molar-refractivity contribution in [1.82, 2.24) is 5.32 Å². The Morgan fingerprint density at radius 1 is 1.23 bits per heavy atom. The number of carbonyl (C=O) groups is 2. The molecule has 138 valence electrons. The second-order valence-electron chi connectivity index (χ2n) is 6.22. The number of halogens is 2. The van der Waals surface area contributed by atoms with Gasteiger partial charge in [0.25, 0.3) is 0 Å². The van der Waals surface area contributed by atoms with Crippen molar-refractivity contribution in [2.24, 2.45) is 0 Å². The van der Waals surface area contributed by atoms with Gasteiger partial charge in [-0.2, -0.15) is 10.5 Å². The summed E-state index contributed by atoms with van der Waals surface area (Å²) < 4.78 is 37.1. The van der Waals surface area contributed by atoms with E-state index in [9.17, 15) is 18.4 Å². The third-order valence-corrected chi connectivity index (χ3v) is 2.91. The van der Waals surface area contributed by atoms with E-state index in [1.54, 1.807) is 26.8 Å². The zero-order valence-electron chi connectivity index (χ0n) is 14.4. The summed E-state index contributed by atoms with van der Waals surface area (Å²) in [5.74, 6) is -3.16. The molecule has 0 radical (unpaired) electrons. The van der Waals surface area contributed by atoms with Crippen LogP contribution in [0.15, 0.2) is 12.1 Å². The van der Waals surface area contributed by atoms with Crippen molar-refractivity contribution >= 4 is 12.1 Å². The number of benzene rings is 1.